The van der Waals surface area contributed by atoms with E-state index in [2.05, 4.69) is 13.8 Å². The molecule has 4 rings (SSSR count). The van der Waals surface area contributed by atoms with Crippen LogP contribution in [0.2, 0.25) is 0 Å². The van der Waals surface area contributed by atoms with Crippen LogP contribution in [0.1, 0.15) is 45.7 Å². The number of phenolic OH excluding ortho intramolecular Hbond substituents is 2. The number of benzene rings is 2. The van der Waals surface area contributed by atoms with Crippen LogP contribution in [0, 0.1) is 0 Å². The maximum atomic E-state index is 10.3. The molecule has 0 fully saturated rings. The Balaban J connectivity index is 0.00000116. The number of carbonyl (C=O) groups is 3. The third-order valence-corrected chi connectivity index (χ3v) is 5.25. The standard InChI is InChI=1S/C26H24N2O2.3C2H4O2.Mn/c1-3-17-11-13-25(29)19(15-17)21-7-5-9-23(27-21)24-10-6-8-22(28-24)20-16-18(4-2)12-14-26(20)30;3*1-2(3)4;/h5-16,29-30H,3-4H2,1-2H3;3*1H3,(H,3,4);/q;;;;+3/p-3. The van der Waals surface area contributed by atoms with Crippen molar-refractivity contribution < 1.29 is 57.0 Å². The molecular weight excluding hydrogens is 595 g/mol. The number of carboxylic acids is 3. The zero-order valence-corrected chi connectivity index (χ0v) is 25.6. The van der Waals surface area contributed by atoms with Gasteiger partial charge in [0.05, 0.1) is 22.8 Å². The predicted octanol–water partition coefficient (Wildman–Crippen LogP) is 2.28. The predicted molar refractivity (Wildman–Crippen MR) is 152 cm³/mol. The molecule has 2 heterocycles. The van der Waals surface area contributed by atoms with Crippen molar-refractivity contribution in [3.05, 3.63) is 83.9 Å². The van der Waals surface area contributed by atoms with E-state index in [0.29, 0.717) is 33.9 Å². The first kappa shape index (κ1) is 38.3. The van der Waals surface area contributed by atoms with Crippen molar-refractivity contribution in [2.45, 2.75) is 47.5 Å². The maximum absolute atomic E-state index is 10.3. The largest absolute Gasteiger partial charge is 3.00 e. The van der Waals surface area contributed by atoms with E-state index in [1.165, 1.54) is 0 Å². The van der Waals surface area contributed by atoms with Crippen LogP contribution in [-0.4, -0.2) is 38.1 Å². The van der Waals surface area contributed by atoms with Gasteiger partial charge in [0.1, 0.15) is 11.5 Å². The zero-order valence-electron chi connectivity index (χ0n) is 24.5. The van der Waals surface area contributed by atoms with Crippen molar-refractivity contribution in [3.63, 3.8) is 0 Å². The number of rotatable bonds is 5. The van der Waals surface area contributed by atoms with E-state index < -0.39 is 17.9 Å². The van der Waals surface area contributed by atoms with Gasteiger partial charge in [-0.3, -0.25) is 0 Å². The normalized spacial score (nSPS) is 9.33. The number of aliphatic carboxylic acids is 3. The van der Waals surface area contributed by atoms with E-state index in [4.69, 9.17) is 39.7 Å². The summed E-state index contributed by atoms with van der Waals surface area (Å²) < 4.78 is 0. The molecule has 4 aromatic rings. The summed E-state index contributed by atoms with van der Waals surface area (Å²) in [7, 11) is 0. The first-order valence-electron chi connectivity index (χ1n) is 12.9. The Labute approximate surface area is 261 Å². The molecule has 0 amide bonds. The molecule has 11 heteroatoms. The Bertz CT molecular complexity index is 1370. The average molecular weight is 629 g/mol. The number of aryl methyl sites for hydroxylation is 2. The van der Waals surface area contributed by atoms with Crippen LogP contribution in [0.15, 0.2) is 72.8 Å². The molecule has 0 aliphatic heterocycles. The summed E-state index contributed by atoms with van der Waals surface area (Å²) in [4.78, 5) is 36.2. The number of carbonyl (C=O) groups excluding carboxylic acids is 3. The molecule has 0 atom stereocenters. The number of hydrogen-bond acceptors (Lipinski definition) is 10. The maximum Gasteiger partial charge on any atom is 3.00 e. The van der Waals surface area contributed by atoms with Crippen LogP contribution in [0.5, 0.6) is 11.5 Å². The minimum Gasteiger partial charge on any atom is -0.550 e. The second-order valence-corrected chi connectivity index (χ2v) is 8.70. The molecule has 0 radical (unpaired) electrons. The summed E-state index contributed by atoms with van der Waals surface area (Å²) in [5.41, 5.74) is 6.51. The fourth-order valence-electron chi connectivity index (χ4n) is 3.47. The van der Waals surface area contributed by atoms with Crippen molar-refractivity contribution in [1.29, 1.82) is 0 Å². The van der Waals surface area contributed by atoms with Crippen LogP contribution >= 0.6 is 0 Å². The zero-order chi connectivity index (χ0) is 31.8. The molecule has 0 bridgehead atoms. The van der Waals surface area contributed by atoms with Crippen LogP contribution < -0.4 is 15.3 Å². The van der Waals surface area contributed by atoms with E-state index >= 15 is 0 Å². The van der Waals surface area contributed by atoms with E-state index in [1.54, 1.807) is 12.1 Å². The molecular formula is C32H33MnN2O8. The van der Waals surface area contributed by atoms with Crippen LogP contribution in [0.3, 0.4) is 0 Å². The van der Waals surface area contributed by atoms with Crippen molar-refractivity contribution in [1.82, 2.24) is 9.97 Å². The summed E-state index contributed by atoms with van der Waals surface area (Å²) >= 11 is 0. The summed E-state index contributed by atoms with van der Waals surface area (Å²) in [6, 6.07) is 22.6. The molecule has 226 valence electrons. The van der Waals surface area contributed by atoms with Gasteiger partial charge in [0.2, 0.25) is 0 Å². The van der Waals surface area contributed by atoms with Gasteiger partial charge >= 0.3 is 17.1 Å². The third kappa shape index (κ3) is 14.1. The first-order chi connectivity index (χ1) is 19.8. The number of nitrogens with zero attached hydrogens (tertiary/aromatic N) is 2. The van der Waals surface area contributed by atoms with Crippen LogP contribution in [0.25, 0.3) is 33.9 Å². The molecule has 0 saturated heterocycles. The molecule has 0 unspecified atom stereocenters. The minimum absolute atomic E-state index is 0. The summed E-state index contributed by atoms with van der Waals surface area (Å²) in [5, 5.41) is 47.3. The fraction of sp³-hybridized carbons (Fsp3) is 0.219. The molecule has 10 nitrogen and oxygen atoms in total. The van der Waals surface area contributed by atoms with Gasteiger partial charge in [0, 0.05) is 29.0 Å². The van der Waals surface area contributed by atoms with E-state index in [9.17, 15) is 10.2 Å². The van der Waals surface area contributed by atoms with Gasteiger partial charge < -0.3 is 39.9 Å². The second kappa shape index (κ2) is 19.4. The summed E-state index contributed by atoms with van der Waals surface area (Å²) in [6.45, 7) is 7.08. The Hall–Kier alpha value is -4.73. The third-order valence-electron chi connectivity index (χ3n) is 5.25. The van der Waals surface area contributed by atoms with E-state index in [-0.39, 0.29) is 28.6 Å². The summed E-state index contributed by atoms with van der Waals surface area (Å²) in [6.07, 6.45) is 1.77. The average Bonchev–Trinajstić information content (AvgIpc) is 2.93. The van der Waals surface area contributed by atoms with Gasteiger partial charge in [-0.1, -0.05) is 38.1 Å². The van der Waals surface area contributed by atoms with Gasteiger partial charge in [-0.2, -0.15) is 0 Å². The molecule has 0 spiro atoms. The smallest absolute Gasteiger partial charge is 0.550 e. The number of hydrogen-bond donors (Lipinski definition) is 2. The number of pyridine rings is 2. The molecule has 0 saturated carbocycles. The topological polar surface area (TPSA) is 187 Å². The Morgan fingerprint density at radius 1 is 0.581 bits per heavy atom. The van der Waals surface area contributed by atoms with Crippen molar-refractivity contribution in [3.8, 4) is 45.4 Å². The van der Waals surface area contributed by atoms with Crippen LogP contribution in [-0.2, 0) is 44.3 Å². The monoisotopic (exact) mass is 628 g/mol. The number of aromatic hydroxyl groups is 2. The van der Waals surface area contributed by atoms with Gasteiger partial charge in [0.25, 0.3) is 0 Å². The van der Waals surface area contributed by atoms with E-state index in [0.717, 1.165) is 44.7 Å². The molecule has 2 aromatic heterocycles. The number of aromatic nitrogens is 2. The SMILES string of the molecule is CC(=O)[O-].CC(=O)[O-].CC(=O)[O-].CCc1ccc(O)c(-c2cccc(-c3cccc(-c4cc(CC)ccc4O)n3)n2)c1.[Mn+3]. The molecule has 43 heavy (non-hydrogen) atoms. The molecule has 2 aromatic carbocycles. The van der Waals surface area contributed by atoms with Gasteiger partial charge in [-0.05, 0) is 93.3 Å². The first-order valence-corrected chi connectivity index (χ1v) is 12.9. The molecule has 0 aliphatic carbocycles. The van der Waals surface area contributed by atoms with Crippen molar-refractivity contribution >= 4 is 17.9 Å². The van der Waals surface area contributed by atoms with E-state index in [1.807, 2.05) is 60.7 Å². The number of phenols is 2. The van der Waals surface area contributed by atoms with Gasteiger partial charge in [-0.15, -0.1) is 0 Å². The van der Waals surface area contributed by atoms with Gasteiger partial charge in [-0.25, -0.2) is 9.97 Å². The minimum atomic E-state index is -1.08. The van der Waals surface area contributed by atoms with Crippen molar-refractivity contribution in [2.75, 3.05) is 0 Å². The summed E-state index contributed by atoms with van der Waals surface area (Å²) in [5.74, 6) is -2.83. The fourth-order valence-corrected chi connectivity index (χ4v) is 3.47. The van der Waals surface area contributed by atoms with Gasteiger partial charge in [0.15, 0.2) is 0 Å². The Morgan fingerprint density at radius 2 is 0.860 bits per heavy atom. The molecule has 2 N–H and O–H groups in total. The van der Waals surface area contributed by atoms with Crippen LogP contribution in [0.4, 0.5) is 0 Å². The second-order valence-electron chi connectivity index (χ2n) is 8.70. The Morgan fingerprint density at radius 3 is 1.14 bits per heavy atom. The number of carboxylic acid groups (broad SMARTS) is 3. The quantitative estimate of drug-likeness (QED) is 0.311. The Kier molecular flexibility index (Phi) is 17.3. The van der Waals surface area contributed by atoms with Crippen molar-refractivity contribution in [2.24, 2.45) is 0 Å². The molecule has 0 aliphatic rings.